The number of halogens is 1. The Morgan fingerprint density at radius 2 is 1.73 bits per heavy atom. The molecule has 0 spiro atoms. The second-order valence-corrected chi connectivity index (χ2v) is 8.72. The van der Waals surface area contributed by atoms with Crippen LogP contribution in [0, 0.1) is 17.1 Å². The Labute approximate surface area is 212 Å². The van der Waals surface area contributed by atoms with Crippen LogP contribution >= 0.6 is 0 Å². The van der Waals surface area contributed by atoms with Gasteiger partial charge in [-0.1, -0.05) is 72.8 Å². The van der Waals surface area contributed by atoms with Crippen molar-refractivity contribution in [1.29, 1.82) is 5.26 Å². The lowest BCUT2D eigenvalue weighted by Crippen LogP contribution is -2.21. The largest absolute Gasteiger partial charge is 0.489 e. The van der Waals surface area contributed by atoms with Crippen molar-refractivity contribution < 1.29 is 13.9 Å². The van der Waals surface area contributed by atoms with Crippen LogP contribution in [0.2, 0.25) is 0 Å². The van der Waals surface area contributed by atoms with Gasteiger partial charge < -0.3 is 15.2 Å². The molecule has 1 atom stereocenters. The normalized spacial score (nSPS) is 14.6. The fourth-order valence-corrected chi connectivity index (χ4v) is 4.80. The first-order chi connectivity index (χ1) is 18.1. The number of hydrogen-bond donors (Lipinski definition) is 2. The molecule has 5 aromatic rings. The Balaban J connectivity index is 1.49. The number of nitriles is 1. The van der Waals surface area contributed by atoms with Gasteiger partial charge in [0.15, 0.2) is 0 Å². The molecule has 1 aromatic heterocycles. The van der Waals surface area contributed by atoms with Crippen LogP contribution in [0.4, 0.5) is 4.39 Å². The van der Waals surface area contributed by atoms with Crippen LogP contribution < -0.4 is 15.2 Å². The average molecular weight is 489 g/mol. The van der Waals surface area contributed by atoms with Crippen LogP contribution in [0.25, 0.3) is 22.0 Å². The van der Waals surface area contributed by atoms with E-state index in [0.717, 1.165) is 33.2 Å². The third kappa shape index (κ3) is 3.95. The molecular formula is C30H21FN4O2. The maximum atomic E-state index is 13.4. The van der Waals surface area contributed by atoms with Gasteiger partial charge in [0.2, 0.25) is 11.8 Å². The zero-order valence-electron chi connectivity index (χ0n) is 19.6. The summed E-state index contributed by atoms with van der Waals surface area (Å²) in [4.78, 5) is 0. The van der Waals surface area contributed by atoms with Crippen molar-refractivity contribution in [2.45, 2.75) is 12.5 Å². The highest BCUT2D eigenvalue weighted by atomic mass is 19.1. The lowest BCUT2D eigenvalue weighted by molar-refractivity contribution is 0.301. The van der Waals surface area contributed by atoms with Gasteiger partial charge in [-0.2, -0.15) is 5.26 Å². The molecule has 0 bridgehead atoms. The Hall–Kier alpha value is -5.09. The van der Waals surface area contributed by atoms with E-state index in [2.05, 4.69) is 16.3 Å². The van der Waals surface area contributed by atoms with Crippen molar-refractivity contribution in [2.75, 3.05) is 0 Å². The Bertz CT molecular complexity index is 1690. The Morgan fingerprint density at radius 3 is 2.57 bits per heavy atom. The molecule has 6 rings (SSSR count). The average Bonchev–Trinajstić information content (AvgIpc) is 3.35. The summed E-state index contributed by atoms with van der Waals surface area (Å²) in [5, 5.41) is 19.8. The number of nitrogens with zero attached hydrogens (tertiary/aromatic N) is 2. The number of benzene rings is 4. The van der Waals surface area contributed by atoms with Crippen LogP contribution in [0.1, 0.15) is 22.6 Å². The predicted octanol–water partition coefficient (Wildman–Crippen LogP) is 6.17. The summed E-state index contributed by atoms with van der Waals surface area (Å²) in [5.74, 6) is 0.0161. The van der Waals surface area contributed by atoms with Crippen molar-refractivity contribution in [3.8, 4) is 29.0 Å². The van der Waals surface area contributed by atoms with Gasteiger partial charge in [0.25, 0.3) is 0 Å². The highest BCUT2D eigenvalue weighted by Crippen LogP contribution is 2.48. The van der Waals surface area contributed by atoms with Gasteiger partial charge in [0, 0.05) is 11.1 Å². The molecule has 2 heterocycles. The molecule has 37 heavy (non-hydrogen) atoms. The SMILES string of the molecule is N#CC1=C(N)Oc2n[nH]c(-c3cccc4ccccc34)c2C1c1ccccc1OCc1ccc(F)cc1. The minimum absolute atomic E-state index is 0.00399. The van der Waals surface area contributed by atoms with Crippen LogP contribution in [-0.2, 0) is 6.61 Å². The van der Waals surface area contributed by atoms with Crippen LogP contribution in [0.3, 0.4) is 0 Å². The first kappa shape index (κ1) is 22.4. The second kappa shape index (κ2) is 9.17. The lowest BCUT2D eigenvalue weighted by Gasteiger charge is -2.26. The van der Waals surface area contributed by atoms with Crippen LogP contribution in [0.5, 0.6) is 11.6 Å². The van der Waals surface area contributed by atoms with E-state index in [0.29, 0.717) is 17.2 Å². The summed E-state index contributed by atoms with van der Waals surface area (Å²) in [5.41, 5.74) is 10.4. The van der Waals surface area contributed by atoms with Crippen molar-refractivity contribution in [3.05, 3.63) is 125 Å². The monoisotopic (exact) mass is 488 g/mol. The highest BCUT2D eigenvalue weighted by molar-refractivity contribution is 5.97. The topological polar surface area (TPSA) is 97.0 Å². The van der Waals surface area contributed by atoms with E-state index in [1.165, 1.54) is 12.1 Å². The molecular weight excluding hydrogens is 467 g/mol. The maximum absolute atomic E-state index is 13.4. The van der Waals surface area contributed by atoms with Gasteiger partial charge in [0.05, 0.1) is 17.2 Å². The number of rotatable bonds is 5. The molecule has 3 N–H and O–H groups in total. The summed E-state index contributed by atoms with van der Waals surface area (Å²) in [7, 11) is 0. The van der Waals surface area contributed by atoms with Crippen molar-refractivity contribution in [2.24, 2.45) is 5.73 Å². The molecule has 7 heteroatoms. The number of allylic oxidation sites excluding steroid dienone is 1. The quantitative estimate of drug-likeness (QED) is 0.309. The molecule has 1 aliphatic heterocycles. The Kier molecular flexibility index (Phi) is 5.55. The van der Waals surface area contributed by atoms with E-state index in [4.69, 9.17) is 15.2 Å². The van der Waals surface area contributed by atoms with Gasteiger partial charge in [-0.3, -0.25) is 5.10 Å². The van der Waals surface area contributed by atoms with Gasteiger partial charge in [-0.15, -0.1) is 5.10 Å². The molecule has 1 aliphatic rings. The number of fused-ring (bicyclic) bond motifs is 2. The zero-order valence-corrected chi connectivity index (χ0v) is 19.6. The van der Waals surface area contributed by atoms with Crippen LogP contribution in [-0.4, -0.2) is 10.2 Å². The first-order valence-corrected chi connectivity index (χ1v) is 11.7. The number of nitrogens with one attached hydrogen (secondary N) is 1. The molecule has 0 radical (unpaired) electrons. The van der Waals surface area contributed by atoms with E-state index in [-0.39, 0.29) is 23.9 Å². The summed E-state index contributed by atoms with van der Waals surface area (Å²) in [6.45, 7) is 0.232. The summed E-state index contributed by atoms with van der Waals surface area (Å²) >= 11 is 0. The van der Waals surface area contributed by atoms with Crippen molar-refractivity contribution in [3.63, 3.8) is 0 Å². The first-order valence-electron chi connectivity index (χ1n) is 11.7. The molecule has 4 aromatic carbocycles. The third-order valence-electron chi connectivity index (χ3n) is 6.54. The fraction of sp³-hybridized carbons (Fsp3) is 0.0667. The minimum atomic E-state index is -0.578. The molecule has 6 nitrogen and oxygen atoms in total. The number of nitrogens with two attached hydrogens (primary N) is 1. The van der Waals surface area contributed by atoms with E-state index >= 15 is 0 Å². The molecule has 0 fully saturated rings. The number of hydrogen-bond acceptors (Lipinski definition) is 5. The summed E-state index contributed by atoms with van der Waals surface area (Å²) in [6.07, 6.45) is 0. The van der Waals surface area contributed by atoms with E-state index < -0.39 is 5.92 Å². The molecule has 0 saturated carbocycles. The zero-order chi connectivity index (χ0) is 25.4. The number of H-pyrrole nitrogens is 1. The Morgan fingerprint density at radius 1 is 0.973 bits per heavy atom. The molecule has 180 valence electrons. The molecule has 1 unspecified atom stereocenters. The number of aromatic amines is 1. The van der Waals surface area contributed by atoms with Crippen molar-refractivity contribution >= 4 is 10.8 Å². The summed E-state index contributed by atoms with van der Waals surface area (Å²) in [6, 6.07) is 30.0. The summed E-state index contributed by atoms with van der Waals surface area (Å²) < 4.78 is 25.3. The fourth-order valence-electron chi connectivity index (χ4n) is 4.80. The minimum Gasteiger partial charge on any atom is -0.489 e. The molecule has 0 saturated heterocycles. The molecule has 0 amide bonds. The lowest BCUT2D eigenvalue weighted by atomic mass is 9.82. The number of aromatic nitrogens is 2. The van der Waals surface area contributed by atoms with Gasteiger partial charge in [0.1, 0.15) is 29.8 Å². The van der Waals surface area contributed by atoms with E-state index in [1.807, 2.05) is 66.7 Å². The number of ether oxygens (including phenoxy) is 2. The maximum Gasteiger partial charge on any atom is 0.244 e. The van der Waals surface area contributed by atoms with E-state index in [1.54, 1.807) is 12.1 Å². The predicted molar refractivity (Wildman–Crippen MR) is 138 cm³/mol. The second-order valence-electron chi connectivity index (χ2n) is 8.72. The highest BCUT2D eigenvalue weighted by Gasteiger charge is 2.37. The van der Waals surface area contributed by atoms with Gasteiger partial charge >= 0.3 is 0 Å². The van der Waals surface area contributed by atoms with Gasteiger partial charge in [-0.25, -0.2) is 4.39 Å². The standard InChI is InChI=1S/C30H21FN4O2/c31-20-14-12-18(13-15-20)17-36-25-11-4-3-9-23(25)26-24(16-32)29(33)37-30-27(26)28(34-35-30)22-10-5-7-19-6-1-2-8-21(19)22/h1-15,26H,17,33H2,(H,34,35). The third-order valence-corrected chi connectivity index (χ3v) is 6.54. The van der Waals surface area contributed by atoms with Gasteiger partial charge in [-0.05, 0) is 34.5 Å². The van der Waals surface area contributed by atoms with E-state index in [9.17, 15) is 9.65 Å². The smallest absolute Gasteiger partial charge is 0.244 e. The van der Waals surface area contributed by atoms with Crippen molar-refractivity contribution in [1.82, 2.24) is 10.2 Å². The molecule has 0 aliphatic carbocycles. The number of para-hydroxylation sites is 1. The van der Waals surface area contributed by atoms with Crippen LogP contribution in [0.15, 0.2) is 102 Å².